The van der Waals surface area contributed by atoms with E-state index in [0.717, 1.165) is 38.8 Å². The number of amides is 4. The van der Waals surface area contributed by atoms with Crippen LogP contribution in [0.3, 0.4) is 0 Å². The fourth-order valence-electron chi connectivity index (χ4n) is 6.86. The molecule has 3 heterocycles. The molecule has 1 aromatic carbocycles. The molecule has 3 aliphatic rings. The number of anilines is 1. The topological polar surface area (TPSA) is 146 Å². The molecule has 0 bridgehead atoms. The fraction of sp³-hybridized carbons (Fsp3) is 0.629. The van der Waals surface area contributed by atoms with Gasteiger partial charge in [-0.05, 0) is 7.05 Å². The Morgan fingerprint density at radius 1 is 1.10 bits per heavy atom. The Kier molecular flexibility index (Phi) is 11.8. The van der Waals surface area contributed by atoms with Crippen LogP contribution in [-0.2, 0) is 24.5 Å². The Labute approximate surface area is 303 Å². The Balaban J connectivity index is 1.35. The molecule has 2 aromatic rings. The maximum atomic E-state index is 15.8. The first-order chi connectivity index (χ1) is 23.2. The third-order valence-electron chi connectivity index (χ3n) is 10.5. The van der Waals surface area contributed by atoms with Crippen LogP contribution in [0.15, 0.2) is 29.0 Å². The van der Waals surface area contributed by atoms with Crippen molar-refractivity contribution in [1.29, 1.82) is 0 Å². The van der Waals surface area contributed by atoms with E-state index in [4.69, 9.17) is 9.26 Å². The number of likely N-dealkylation sites (N-methyl/N-ethyl adjacent to an activating group) is 1. The van der Waals surface area contributed by atoms with Gasteiger partial charge in [-0.3, -0.25) is 4.79 Å². The molecule has 2 saturated heterocycles. The Morgan fingerprint density at radius 2 is 1.78 bits per heavy atom. The van der Waals surface area contributed by atoms with Gasteiger partial charge in [0.1, 0.15) is 0 Å². The van der Waals surface area contributed by atoms with Crippen LogP contribution in [0, 0.1) is 11.7 Å². The summed E-state index contributed by atoms with van der Waals surface area (Å²) < 4.78 is 26.0. The summed E-state index contributed by atoms with van der Waals surface area (Å²) >= 11 is 0.363. The number of nitrogens with zero attached hydrogens (tertiary/aromatic N) is 3. The molecule has 3 fully saturated rings. The molecule has 14 heteroatoms. The molecule has 3 atom stereocenters. The second kappa shape index (κ2) is 15.5. The number of ether oxygens (including phenoxy) is 1. The number of carbonyl (C=O) groups is 4. The second-order valence-electron chi connectivity index (χ2n) is 14.5. The summed E-state index contributed by atoms with van der Waals surface area (Å²) in [6.07, 6.45) is 4.96. The van der Waals surface area contributed by atoms with E-state index in [-0.39, 0.29) is 29.5 Å². The summed E-state index contributed by atoms with van der Waals surface area (Å²) in [7, 11) is 2.00. The first-order valence-corrected chi connectivity index (χ1v) is 19.5. The van der Waals surface area contributed by atoms with Gasteiger partial charge in [-0.25, -0.2) is 0 Å². The van der Waals surface area contributed by atoms with Gasteiger partial charge in [-0.1, -0.05) is 6.92 Å². The minimum absolute atomic E-state index is 0.0256. The van der Waals surface area contributed by atoms with E-state index in [1.165, 1.54) is 18.4 Å². The zero-order valence-corrected chi connectivity index (χ0v) is 33.6. The molecular weight excluding hydrogens is 824 g/mol. The van der Waals surface area contributed by atoms with Gasteiger partial charge in [-0.2, -0.15) is 0 Å². The monoisotopic (exact) mass is 872 g/mol. The number of halogens is 1. The molecule has 12 nitrogen and oxygen atoms in total. The van der Waals surface area contributed by atoms with Gasteiger partial charge in [0, 0.05) is 32.6 Å². The van der Waals surface area contributed by atoms with E-state index >= 15 is 4.39 Å². The van der Waals surface area contributed by atoms with Crippen LogP contribution in [0.1, 0.15) is 87.3 Å². The van der Waals surface area contributed by atoms with Crippen molar-refractivity contribution in [3.63, 3.8) is 0 Å². The average Bonchev–Trinajstić information content (AvgIpc) is 3.57. The molecule has 0 unspecified atom stereocenters. The van der Waals surface area contributed by atoms with Crippen molar-refractivity contribution in [3.8, 4) is 0 Å². The standard InChI is InChI=1S/C35H48FN6O6.Tl/c1-6-28(43)38-29(34(46)42-15-13-41(5)14-16-42)22(3)24-11-12-27(26(36)17-24)37-33(45)30(23-9-7-21(2)8-10-23)39-32(44)25-18-48-40-31(25)35(4)19-47-20-35;/h11-12,17-18,21-22,29-30H,6-10,13-16,19-20H2,1-5H3,(H,37,45)(H,38,43)(H,39,44);/t22-,29+,30-;/m0./s1. The molecule has 264 valence electrons. The second-order valence-corrected chi connectivity index (χ2v) is 19.0. The van der Waals surface area contributed by atoms with Gasteiger partial charge in [0.05, 0.1) is 0 Å². The molecule has 0 radical (unpaired) electrons. The number of hydrogen-bond acceptors (Lipinski definition) is 8. The van der Waals surface area contributed by atoms with Crippen LogP contribution in [0.4, 0.5) is 10.1 Å². The third kappa shape index (κ3) is 8.35. The first-order valence-electron chi connectivity index (χ1n) is 17.2. The number of hydrogen-bond donors (Lipinski definition) is 3. The molecule has 1 aromatic heterocycles. The zero-order valence-electron chi connectivity index (χ0n) is 29.1. The Hall–Kier alpha value is -2.92. The van der Waals surface area contributed by atoms with Crippen molar-refractivity contribution in [1.82, 2.24) is 25.6 Å². The molecule has 1 aliphatic carbocycles. The predicted molar refractivity (Wildman–Crippen MR) is 182 cm³/mol. The summed E-state index contributed by atoms with van der Waals surface area (Å²) in [4.78, 5) is 57.7. The van der Waals surface area contributed by atoms with Crippen molar-refractivity contribution in [2.45, 2.75) is 86.2 Å². The summed E-state index contributed by atoms with van der Waals surface area (Å²) in [6.45, 7) is 11.0. The Bertz CT molecular complexity index is 1530. The summed E-state index contributed by atoms with van der Waals surface area (Å²) in [6, 6.07) is 2.70. The van der Waals surface area contributed by atoms with Gasteiger partial charge in [0.25, 0.3) is 0 Å². The summed E-state index contributed by atoms with van der Waals surface area (Å²) in [5.41, 5.74) is 0.796. The van der Waals surface area contributed by atoms with E-state index < -0.39 is 44.0 Å². The summed E-state index contributed by atoms with van der Waals surface area (Å²) in [5, 5.41) is 12.7. The molecule has 2 aliphatic heterocycles. The van der Waals surface area contributed by atoms with Crippen LogP contribution in [0.2, 0.25) is 2.97 Å². The molecule has 1 saturated carbocycles. The molecule has 49 heavy (non-hydrogen) atoms. The molecule has 0 spiro atoms. The third-order valence-corrected chi connectivity index (χ3v) is 14.1. The molecule has 4 amide bonds. The van der Waals surface area contributed by atoms with Gasteiger partial charge in [0.15, 0.2) is 0 Å². The van der Waals surface area contributed by atoms with Crippen LogP contribution in [0.25, 0.3) is 0 Å². The van der Waals surface area contributed by atoms with E-state index in [1.807, 2.05) is 14.0 Å². The number of piperazine rings is 1. The van der Waals surface area contributed by atoms with Gasteiger partial charge in [0.2, 0.25) is 0 Å². The summed E-state index contributed by atoms with van der Waals surface area (Å²) in [5.74, 6) is -2.09. The van der Waals surface area contributed by atoms with Crippen molar-refractivity contribution in [2.24, 2.45) is 5.92 Å². The average molecular weight is 872 g/mol. The van der Waals surface area contributed by atoms with E-state index in [1.54, 1.807) is 24.8 Å². The quantitative estimate of drug-likeness (QED) is 0.293. The van der Waals surface area contributed by atoms with E-state index in [0.29, 0.717) is 69.2 Å². The van der Waals surface area contributed by atoms with Gasteiger partial charge in [-0.15, -0.1) is 0 Å². The number of aromatic nitrogens is 1. The molecule has 3 N–H and O–H groups in total. The zero-order chi connectivity index (χ0) is 35.5. The van der Waals surface area contributed by atoms with Crippen molar-refractivity contribution in [2.75, 3.05) is 51.8 Å². The van der Waals surface area contributed by atoms with Crippen molar-refractivity contribution in [3.05, 3.63) is 47.1 Å². The predicted octanol–water partition coefficient (Wildman–Crippen LogP) is 3.15. The van der Waals surface area contributed by atoms with Crippen molar-refractivity contribution >= 4 is 55.1 Å². The van der Waals surface area contributed by atoms with Crippen molar-refractivity contribution < 1.29 is 32.8 Å². The van der Waals surface area contributed by atoms with Crippen LogP contribution in [-0.4, -0.2) is 123 Å². The van der Waals surface area contributed by atoms with E-state index in [2.05, 4.69) is 32.9 Å². The van der Waals surface area contributed by atoms with Crippen LogP contribution < -0.4 is 16.0 Å². The van der Waals surface area contributed by atoms with Crippen LogP contribution >= 0.6 is 0 Å². The number of carbonyl (C=O) groups excluding carboxylic acids is 4. The Morgan fingerprint density at radius 3 is 2.37 bits per heavy atom. The van der Waals surface area contributed by atoms with Gasteiger partial charge >= 0.3 is 248 Å². The molecule has 5 rings (SSSR count). The fourth-order valence-corrected chi connectivity index (χ4v) is 9.07. The number of benzene rings is 1. The normalized spacial score (nSPS) is 24.2. The van der Waals surface area contributed by atoms with Gasteiger partial charge < -0.3 is 4.90 Å². The number of nitrogens with one attached hydrogen (secondary N) is 3. The maximum absolute atomic E-state index is 15.8. The first kappa shape index (κ1) is 37.3. The molecular formula is C35H48FN6O6Tl. The number of rotatable bonds is 11. The SMILES string of the molecule is CCC(=O)N[C@@H](C(=O)N1CCN(C)CC1)[C@@H](C)c1ccc(NC(=O)[C@@H](NC(=O)c2conc2C2(C)COC2)[C]2([Tl])CCC(C)CC2)c(F)c1. The minimum atomic E-state index is -0.890. The van der Waals surface area contributed by atoms with E-state index in [9.17, 15) is 19.2 Å². The van der Waals surface area contributed by atoms with Crippen LogP contribution in [0.5, 0.6) is 0 Å².